The topological polar surface area (TPSA) is 39.1 Å². The lowest BCUT2D eigenvalue weighted by molar-refractivity contribution is 0.262. The molecular weight excluding hydrogens is 262 g/mol. The Kier molecular flexibility index (Phi) is 4.82. The summed E-state index contributed by atoms with van der Waals surface area (Å²) >= 11 is 5.85. The number of halogens is 1. The Bertz CT molecular complexity index is 510. The second-order valence-electron chi connectivity index (χ2n) is 4.25. The number of hydrogen-bond acceptors (Lipinski definition) is 3. The molecule has 1 atom stereocenters. The molecule has 2 aromatic rings. The van der Waals surface area contributed by atoms with Gasteiger partial charge in [0.1, 0.15) is 12.4 Å². The first kappa shape index (κ1) is 13.9. The predicted octanol–water partition coefficient (Wildman–Crippen LogP) is 2.80. The summed E-state index contributed by atoms with van der Waals surface area (Å²) in [6.07, 6.45) is 1.79. The van der Waals surface area contributed by atoms with E-state index in [1.54, 1.807) is 6.20 Å². The van der Waals surface area contributed by atoms with E-state index in [2.05, 4.69) is 17.3 Å². The summed E-state index contributed by atoms with van der Waals surface area (Å²) in [7, 11) is 1.93. The molecule has 1 unspecified atom stereocenters. The standard InChI is InChI=1S/C14H18ClN3O/c1-3-16-13(14-8-9-17-18(14)2)10-19-12-6-4-11(15)5-7-12/h4-9,13,16H,3,10H2,1-2H3. The Morgan fingerprint density at radius 2 is 2.05 bits per heavy atom. The van der Waals surface area contributed by atoms with Gasteiger partial charge >= 0.3 is 0 Å². The van der Waals surface area contributed by atoms with Gasteiger partial charge in [0.2, 0.25) is 0 Å². The lowest BCUT2D eigenvalue weighted by Gasteiger charge is -2.18. The molecule has 0 amide bonds. The number of likely N-dealkylation sites (N-methyl/N-ethyl adjacent to an activating group) is 1. The van der Waals surface area contributed by atoms with Gasteiger partial charge in [-0.1, -0.05) is 18.5 Å². The van der Waals surface area contributed by atoms with Crippen LogP contribution in [0.5, 0.6) is 5.75 Å². The molecule has 0 saturated heterocycles. The van der Waals surface area contributed by atoms with Crippen LogP contribution in [-0.2, 0) is 7.05 Å². The zero-order chi connectivity index (χ0) is 13.7. The van der Waals surface area contributed by atoms with Gasteiger partial charge in [0.05, 0.1) is 11.7 Å². The summed E-state index contributed by atoms with van der Waals surface area (Å²) in [5.41, 5.74) is 1.11. The molecule has 0 aliphatic heterocycles. The molecule has 4 nitrogen and oxygen atoms in total. The zero-order valence-electron chi connectivity index (χ0n) is 11.1. The highest BCUT2D eigenvalue weighted by Gasteiger charge is 2.14. The van der Waals surface area contributed by atoms with E-state index < -0.39 is 0 Å². The summed E-state index contributed by atoms with van der Waals surface area (Å²) in [5, 5.41) is 8.30. The largest absolute Gasteiger partial charge is 0.492 e. The molecule has 2 rings (SSSR count). The maximum Gasteiger partial charge on any atom is 0.119 e. The summed E-state index contributed by atoms with van der Waals surface area (Å²) in [5.74, 6) is 0.814. The average Bonchev–Trinajstić information content (AvgIpc) is 2.83. The van der Waals surface area contributed by atoms with Crippen LogP contribution >= 0.6 is 11.6 Å². The van der Waals surface area contributed by atoms with E-state index in [-0.39, 0.29) is 6.04 Å². The number of hydrogen-bond donors (Lipinski definition) is 1. The van der Waals surface area contributed by atoms with Gasteiger partial charge in [-0.15, -0.1) is 0 Å². The van der Waals surface area contributed by atoms with Crippen LogP contribution in [0.15, 0.2) is 36.5 Å². The maximum atomic E-state index is 5.85. The number of nitrogens with zero attached hydrogens (tertiary/aromatic N) is 2. The maximum absolute atomic E-state index is 5.85. The lowest BCUT2D eigenvalue weighted by Crippen LogP contribution is -2.28. The van der Waals surface area contributed by atoms with Crippen molar-refractivity contribution in [2.75, 3.05) is 13.2 Å². The first-order valence-corrected chi connectivity index (χ1v) is 6.68. The molecule has 0 aliphatic rings. The number of nitrogens with one attached hydrogen (secondary N) is 1. The van der Waals surface area contributed by atoms with E-state index in [1.807, 2.05) is 42.1 Å². The number of aromatic nitrogens is 2. The van der Waals surface area contributed by atoms with Gasteiger partial charge in [0.25, 0.3) is 0 Å². The van der Waals surface area contributed by atoms with Crippen molar-refractivity contribution in [3.63, 3.8) is 0 Å². The van der Waals surface area contributed by atoms with E-state index in [4.69, 9.17) is 16.3 Å². The van der Waals surface area contributed by atoms with Gasteiger partial charge in [-0.25, -0.2) is 0 Å². The summed E-state index contributed by atoms with van der Waals surface area (Å²) in [6, 6.07) is 9.50. The Labute approximate surface area is 118 Å². The van der Waals surface area contributed by atoms with E-state index in [0.29, 0.717) is 11.6 Å². The molecule has 0 aliphatic carbocycles. The molecule has 0 bridgehead atoms. The highest BCUT2D eigenvalue weighted by atomic mass is 35.5. The van der Waals surface area contributed by atoms with Crippen LogP contribution in [0.25, 0.3) is 0 Å². The number of aryl methyl sites for hydroxylation is 1. The third-order valence-corrected chi connectivity index (χ3v) is 3.15. The third-order valence-electron chi connectivity index (χ3n) is 2.90. The first-order chi connectivity index (χ1) is 9.20. The smallest absolute Gasteiger partial charge is 0.119 e. The molecule has 0 saturated carbocycles. The second-order valence-corrected chi connectivity index (χ2v) is 4.69. The molecule has 0 radical (unpaired) electrons. The first-order valence-electron chi connectivity index (χ1n) is 6.30. The molecule has 0 fully saturated rings. The molecule has 102 valence electrons. The van der Waals surface area contributed by atoms with Crippen LogP contribution in [0.3, 0.4) is 0 Å². The van der Waals surface area contributed by atoms with Crippen molar-refractivity contribution in [1.82, 2.24) is 15.1 Å². The van der Waals surface area contributed by atoms with Gasteiger partial charge in [0, 0.05) is 18.3 Å². The molecule has 1 aromatic carbocycles. The minimum absolute atomic E-state index is 0.119. The average molecular weight is 280 g/mol. The third kappa shape index (κ3) is 3.72. The fraction of sp³-hybridized carbons (Fsp3) is 0.357. The predicted molar refractivity (Wildman–Crippen MR) is 76.6 cm³/mol. The van der Waals surface area contributed by atoms with Crippen molar-refractivity contribution in [1.29, 1.82) is 0 Å². The van der Waals surface area contributed by atoms with Crippen LogP contribution in [-0.4, -0.2) is 22.9 Å². The Hall–Kier alpha value is -1.52. The van der Waals surface area contributed by atoms with Gasteiger partial charge in [-0.05, 0) is 36.9 Å². The SMILES string of the molecule is CCNC(COc1ccc(Cl)cc1)c1ccnn1C. The van der Waals surface area contributed by atoms with Gasteiger partial charge < -0.3 is 10.1 Å². The summed E-state index contributed by atoms with van der Waals surface area (Å²) in [6.45, 7) is 3.50. The fourth-order valence-electron chi connectivity index (χ4n) is 1.93. The molecule has 0 spiro atoms. The lowest BCUT2D eigenvalue weighted by atomic mass is 10.2. The molecule has 19 heavy (non-hydrogen) atoms. The summed E-state index contributed by atoms with van der Waals surface area (Å²) < 4.78 is 7.65. The van der Waals surface area contributed by atoms with Crippen molar-refractivity contribution in [2.24, 2.45) is 7.05 Å². The quantitative estimate of drug-likeness (QED) is 0.884. The Balaban J connectivity index is 2.01. The van der Waals surface area contributed by atoms with E-state index in [1.165, 1.54) is 0 Å². The van der Waals surface area contributed by atoms with E-state index >= 15 is 0 Å². The van der Waals surface area contributed by atoms with Crippen LogP contribution < -0.4 is 10.1 Å². The van der Waals surface area contributed by atoms with Crippen molar-refractivity contribution >= 4 is 11.6 Å². The fourth-order valence-corrected chi connectivity index (χ4v) is 2.06. The van der Waals surface area contributed by atoms with Gasteiger partial charge in [-0.3, -0.25) is 4.68 Å². The van der Waals surface area contributed by atoms with Crippen LogP contribution in [0.1, 0.15) is 18.7 Å². The molecule has 1 aromatic heterocycles. The van der Waals surface area contributed by atoms with Crippen molar-refractivity contribution < 1.29 is 4.74 Å². The Morgan fingerprint density at radius 3 is 2.63 bits per heavy atom. The van der Waals surface area contributed by atoms with Gasteiger partial charge in [-0.2, -0.15) is 5.10 Å². The Morgan fingerprint density at radius 1 is 1.32 bits per heavy atom. The minimum Gasteiger partial charge on any atom is -0.492 e. The van der Waals surface area contributed by atoms with E-state index in [9.17, 15) is 0 Å². The minimum atomic E-state index is 0.119. The monoisotopic (exact) mass is 279 g/mol. The molecular formula is C14H18ClN3O. The second kappa shape index (κ2) is 6.59. The number of benzene rings is 1. The van der Waals surface area contributed by atoms with Crippen LogP contribution in [0, 0.1) is 0 Å². The summed E-state index contributed by atoms with van der Waals surface area (Å²) in [4.78, 5) is 0. The van der Waals surface area contributed by atoms with Gasteiger partial charge in [0.15, 0.2) is 0 Å². The molecule has 1 N–H and O–H groups in total. The van der Waals surface area contributed by atoms with Crippen LogP contribution in [0.2, 0.25) is 5.02 Å². The van der Waals surface area contributed by atoms with E-state index in [0.717, 1.165) is 18.0 Å². The van der Waals surface area contributed by atoms with Crippen molar-refractivity contribution in [3.05, 3.63) is 47.2 Å². The van der Waals surface area contributed by atoms with Crippen molar-refractivity contribution in [2.45, 2.75) is 13.0 Å². The normalized spacial score (nSPS) is 12.4. The molecule has 1 heterocycles. The number of ether oxygens (including phenoxy) is 1. The van der Waals surface area contributed by atoms with Crippen LogP contribution in [0.4, 0.5) is 0 Å². The zero-order valence-corrected chi connectivity index (χ0v) is 11.9. The van der Waals surface area contributed by atoms with Crippen molar-refractivity contribution in [3.8, 4) is 5.75 Å². The highest BCUT2D eigenvalue weighted by Crippen LogP contribution is 2.18. The number of rotatable bonds is 6. The molecule has 5 heteroatoms. The highest BCUT2D eigenvalue weighted by molar-refractivity contribution is 6.30.